The third-order valence-electron chi connectivity index (χ3n) is 2.83. The lowest BCUT2D eigenvalue weighted by atomic mass is 9.76. The van der Waals surface area contributed by atoms with E-state index in [9.17, 15) is 14.7 Å². The van der Waals surface area contributed by atoms with E-state index in [0.717, 1.165) is 0 Å². The number of aliphatic hydroxyl groups excluding tert-OH is 1. The van der Waals surface area contributed by atoms with Crippen LogP contribution in [0.5, 0.6) is 0 Å². The van der Waals surface area contributed by atoms with Crippen LogP contribution in [0.15, 0.2) is 0 Å². The highest BCUT2D eigenvalue weighted by Crippen LogP contribution is 2.32. The fraction of sp³-hybridized carbons (Fsp3) is 0.778. The average Bonchev–Trinajstić information content (AvgIpc) is 2.16. The molecule has 0 heterocycles. The number of aliphatic hydroxyl groups is 1. The summed E-state index contributed by atoms with van der Waals surface area (Å²) in [5.74, 6) is -4.37. The van der Waals surface area contributed by atoms with E-state index in [2.05, 4.69) is 0 Å². The van der Waals surface area contributed by atoms with E-state index in [1.165, 1.54) is 7.11 Å². The summed E-state index contributed by atoms with van der Waals surface area (Å²) in [6.07, 6.45) is -1.55. The number of carboxylic acids is 2. The Morgan fingerprint density at radius 2 is 1.60 bits per heavy atom. The zero-order valence-corrected chi connectivity index (χ0v) is 8.29. The quantitative estimate of drug-likeness (QED) is 0.593. The highest BCUT2D eigenvalue weighted by molar-refractivity contribution is 5.80. The fourth-order valence-electron chi connectivity index (χ4n) is 1.95. The van der Waals surface area contributed by atoms with Crippen molar-refractivity contribution in [1.82, 2.24) is 0 Å². The molecule has 0 saturated heterocycles. The molecule has 0 amide bonds. The second-order valence-electron chi connectivity index (χ2n) is 3.70. The molecule has 0 unspecified atom stereocenters. The van der Waals surface area contributed by atoms with Crippen LogP contribution >= 0.6 is 0 Å². The summed E-state index contributed by atoms with van der Waals surface area (Å²) >= 11 is 0. The van der Waals surface area contributed by atoms with Crippen molar-refractivity contribution in [3.63, 3.8) is 0 Å². The van der Waals surface area contributed by atoms with Crippen LogP contribution in [0.4, 0.5) is 0 Å². The van der Waals surface area contributed by atoms with Crippen molar-refractivity contribution >= 4 is 11.9 Å². The third-order valence-corrected chi connectivity index (χ3v) is 2.83. The first kappa shape index (κ1) is 11.9. The zero-order chi connectivity index (χ0) is 11.6. The van der Waals surface area contributed by atoms with Gasteiger partial charge in [-0.2, -0.15) is 0 Å². The number of aliphatic carboxylic acids is 2. The van der Waals surface area contributed by atoms with Crippen LogP contribution in [0.25, 0.3) is 0 Å². The van der Waals surface area contributed by atoms with Crippen molar-refractivity contribution in [3.05, 3.63) is 0 Å². The van der Waals surface area contributed by atoms with Gasteiger partial charge in [0.05, 0.1) is 24.0 Å². The lowest BCUT2D eigenvalue weighted by molar-refractivity contribution is -0.163. The molecule has 15 heavy (non-hydrogen) atoms. The van der Waals surface area contributed by atoms with Gasteiger partial charge >= 0.3 is 11.9 Å². The van der Waals surface area contributed by atoms with Gasteiger partial charge in [0.15, 0.2) is 0 Å². The lowest BCUT2D eigenvalue weighted by Crippen LogP contribution is -2.45. The fourth-order valence-corrected chi connectivity index (χ4v) is 1.95. The Morgan fingerprint density at radius 3 is 2.00 bits per heavy atom. The predicted molar refractivity (Wildman–Crippen MR) is 48.3 cm³/mol. The van der Waals surface area contributed by atoms with Gasteiger partial charge in [-0.05, 0) is 12.8 Å². The maximum Gasteiger partial charge on any atom is 0.307 e. The number of hydrogen-bond acceptors (Lipinski definition) is 4. The van der Waals surface area contributed by atoms with Crippen molar-refractivity contribution in [2.75, 3.05) is 7.11 Å². The molecule has 6 heteroatoms. The van der Waals surface area contributed by atoms with Crippen LogP contribution < -0.4 is 0 Å². The molecule has 0 aliphatic heterocycles. The Morgan fingerprint density at radius 1 is 1.13 bits per heavy atom. The number of rotatable bonds is 3. The van der Waals surface area contributed by atoms with Crippen molar-refractivity contribution in [2.45, 2.75) is 25.0 Å². The highest BCUT2D eigenvalue weighted by Gasteiger charge is 2.43. The minimum absolute atomic E-state index is 0.0317. The van der Waals surface area contributed by atoms with Gasteiger partial charge in [-0.25, -0.2) is 0 Å². The molecule has 86 valence electrons. The third kappa shape index (κ3) is 2.45. The summed E-state index contributed by atoms with van der Waals surface area (Å²) < 4.78 is 4.91. The van der Waals surface area contributed by atoms with Gasteiger partial charge in [-0.1, -0.05) is 0 Å². The Bertz CT molecular complexity index is 263. The molecule has 0 bridgehead atoms. The highest BCUT2D eigenvalue weighted by atomic mass is 16.5. The molecule has 0 aromatic carbocycles. The molecule has 1 aliphatic carbocycles. The normalized spacial score (nSPS) is 36.1. The summed E-state index contributed by atoms with van der Waals surface area (Å²) in [5.41, 5.74) is 0. The first-order chi connectivity index (χ1) is 6.97. The summed E-state index contributed by atoms with van der Waals surface area (Å²) in [4.78, 5) is 21.6. The first-order valence-corrected chi connectivity index (χ1v) is 4.63. The second kappa shape index (κ2) is 4.59. The zero-order valence-electron chi connectivity index (χ0n) is 8.29. The minimum Gasteiger partial charge on any atom is -0.481 e. The predicted octanol–water partition coefficient (Wildman–Crippen LogP) is -0.442. The molecule has 1 saturated carbocycles. The van der Waals surface area contributed by atoms with Crippen LogP contribution in [-0.4, -0.2) is 46.6 Å². The standard InChI is InChI=1S/C9H14O6/c1-15-7-3-5(9(13)14)4(8(11)12)2-6(7)10/h4-7,10H,2-3H2,1H3,(H,11,12)(H,13,14)/t4-,5-,6-,7-/m1/s1. The van der Waals surface area contributed by atoms with Gasteiger partial charge in [-0.15, -0.1) is 0 Å². The molecule has 0 spiro atoms. The Kier molecular flexibility index (Phi) is 3.65. The molecule has 0 aromatic rings. The number of methoxy groups -OCH3 is 1. The Hall–Kier alpha value is -1.14. The smallest absolute Gasteiger partial charge is 0.307 e. The summed E-state index contributed by atoms with van der Waals surface area (Å²) in [7, 11) is 1.37. The molecule has 1 rings (SSSR count). The van der Waals surface area contributed by atoms with E-state index in [0.29, 0.717) is 0 Å². The monoisotopic (exact) mass is 218 g/mol. The van der Waals surface area contributed by atoms with Crippen molar-refractivity contribution in [2.24, 2.45) is 11.8 Å². The topological polar surface area (TPSA) is 104 Å². The van der Waals surface area contributed by atoms with Crippen molar-refractivity contribution in [3.8, 4) is 0 Å². The van der Waals surface area contributed by atoms with E-state index in [1.807, 2.05) is 0 Å². The van der Waals surface area contributed by atoms with Gasteiger partial charge < -0.3 is 20.1 Å². The summed E-state index contributed by atoms with van der Waals surface area (Å²) in [6.45, 7) is 0. The molecule has 1 aliphatic rings. The molecule has 3 N–H and O–H groups in total. The SMILES string of the molecule is CO[C@@H]1C[C@@H](C(=O)O)[C@H](C(=O)O)C[C@H]1O. The van der Waals surface area contributed by atoms with Gasteiger partial charge in [0.1, 0.15) is 0 Å². The molecule has 4 atom stereocenters. The number of ether oxygens (including phenoxy) is 1. The van der Waals surface area contributed by atoms with E-state index in [-0.39, 0.29) is 12.8 Å². The van der Waals surface area contributed by atoms with Crippen LogP contribution in [0.3, 0.4) is 0 Å². The Balaban J connectivity index is 2.81. The first-order valence-electron chi connectivity index (χ1n) is 4.63. The van der Waals surface area contributed by atoms with E-state index in [1.54, 1.807) is 0 Å². The molecule has 0 radical (unpaired) electrons. The average molecular weight is 218 g/mol. The van der Waals surface area contributed by atoms with Crippen LogP contribution in [0, 0.1) is 11.8 Å². The second-order valence-corrected chi connectivity index (χ2v) is 3.70. The minimum atomic E-state index is -1.18. The van der Waals surface area contributed by atoms with Crippen LogP contribution in [0.2, 0.25) is 0 Å². The maximum atomic E-state index is 10.8. The largest absolute Gasteiger partial charge is 0.481 e. The van der Waals surface area contributed by atoms with Crippen molar-refractivity contribution < 1.29 is 29.6 Å². The molecule has 0 aromatic heterocycles. The molecular weight excluding hydrogens is 204 g/mol. The number of carboxylic acid groups (broad SMARTS) is 2. The summed E-state index contributed by atoms with van der Waals surface area (Å²) in [5, 5.41) is 27.2. The number of carbonyl (C=O) groups is 2. The van der Waals surface area contributed by atoms with Crippen LogP contribution in [0.1, 0.15) is 12.8 Å². The Labute approximate surface area is 86.5 Å². The van der Waals surface area contributed by atoms with E-state index < -0.39 is 36.0 Å². The molecule has 1 fully saturated rings. The van der Waals surface area contributed by atoms with Crippen molar-refractivity contribution in [1.29, 1.82) is 0 Å². The maximum absolute atomic E-state index is 10.8. The molecule has 6 nitrogen and oxygen atoms in total. The number of hydrogen-bond donors (Lipinski definition) is 3. The van der Waals surface area contributed by atoms with Gasteiger partial charge in [0.25, 0.3) is 0 Å². The summed E-state index contributed by atoms with van der Waals surface area (Å²) in [6, 6.07) is 0. The van der Waals surface area contributed by atoms with E-state index >= 15 is 0 Å². The van der Waals surface area contributed by atoms with Crippen LogP contribution in [-0.2, 0) is 14.3 Å². The van der Waals surface area contributed by atoms with Gasteiger partial charge in [0, 0.05) is 7.11 Å². The van der Waals surface area contributed by atoms with Gasteiger partial charge in [0.2, 0.25) is 0 Å². The van der Waals surface area contributed by atoms with Gasteiger partial charge in [-0.3, -0.25) is 9.59 Å². The lowest BCUT2D eigenvalue weighted by Gasteiger charge is -2.34. The van der Waals surface area contributed by atoms with E-state index in [4.69, 9.17) is 14.9 Å². The molecular formula is C9H14O6.